The highest BCUT2D eigenvalue weighted by molar-refractivity contribution is 7.13. The van der Waals surface area contributed by atoms with E-state index in [-0.39, 0.29) is 35.9 Å². The highest BCUT2D eigenvalue weighted by Gasteiger charge is 2.41. The van der Waals surface area contributed by atoms with Gasteiger partial charge < -0.3 is 26.0 Å². The molecule has 2 amide bonds. The molecule has 2 aromatic carbocycles. The van der Waals surface area contributed by atoms with Crippen LogP contribution in [0.15, 0.2) is 64.8 Å². The van der Waals surface area contributed by atoms with Crippen LogP contribution in [0.5, 0.6) is 0 Å². The first-order valence-corrected chi connectivity index (χ1v) is 22.5. The molecule has 3 aliphatic rings. The van der Waals surface area contributed by atoms with Crippen LogP contribution < -0.4 is 16.7 Å². The van der Waals surface area contributed by atoms with Crippen LogP contribution in [0.25, 0.3) is 21.6 Å². The summed E-state index contributed by atoms with van der Waals surface area (Å²) in [5.41, 5.74) is 9.86. The van der Waals surface area contributed by atoms with Gasteiger partial charge in [-0.3, -0.25) is 19.0 Å². The van der Waals surface area contributed by atoms with E-state index < -0.39 is 17.9 Å². The molecule has 0 radical (unpaired) electrons. The van der Waals surface area contributed by atoms with Gasteiger partial charge in [0.25, 0.3) is 0 Å². The Morgan fingerprint density at radius 1 is 1.05 bits per heavy atom. The number of H-pyrrole nitrogens is 1. The highest BCUT2D eigenvalue weighted by atomic mass is 32.1. The number of nitrogens with zero attached hydrogens (tertiary/aromatic N) is 3. The number of nitrogens with two attached hydrogens (primary N) is 1. The first kappa shape index (κ1) is 48.6. The average Bonchev–Trinajstić information content (AvgIpc) is 3.77. The third-order valence-electron chi connectivity index (χ3n) is 10.5. The number of allylic oxidation sites excluding steroid dienone is 2. The molecule has 59 heavy (non-hydrogen) atoms. The van der Waals surface area contributed by atoms with Crippen LogP contribution in [0.1, 0.15) is 137 Å². The molecule has 3 unspecified atom stereocenters. The van der Waals surface area contributed by atoms with Gasteiger partial charge in [-0.15, -0.1) is 11.3 Å². The van der Waals surface area contributed by atoms with Gasteiger partial charge in [0.05, 0.1) is 29.2 Å². The molecular weight excluding hydrogens is 768 g/mol. The van der Waals surface area contributed by atoms with Crippen molar-refractivity contribution in [2.75, 3.05) is 18.4 Å². The minimum atomic E-state index is -0.636. The standard InChI is InChI=1S/C18H21N3OS.C13H16FN3O2.C11H18O2.2C2H6/c1-11(2)21-15-9-5-8-13(16(15)20-18(21)22)17-19-14(10-23-17)12-6-3-4-7-12;14-9-3-1-4-10(7-9)16-8-12(18)17-6-2-5-11(17)13(15)19;1-2-3-4-5-6-7-9-8-10(9)11(12)13;2*1-2/h5,8-12H,3-4,6-7H2,1-2H3,(H,20,22);1,3-4,7,11,16H,2,5-6,8H2,(H2,15,19);6-7,9-10H,2-5,8H2,1H3,(H,12,13);2*1-2H3/b;;7-6-;;. The minimum absolute atomic E-state index is 0.0211. The number of carbonyl (C=O) groups is 3. The van der Waals surface area contributed by atoms with Crippen LogP contribution in [-0.4, -0.2) is 61.5 Å². The molecule has 3 atom stereocenters. The van der Waals surface area contributed by atoms with Crippen molar-refractivity contribution in [3.8, 4) is 10.6 Å². The van der Waals surface area contributed by atoms with E-state index in [0.717, 1.165) is 40.9 Å². The summed E-state index contributed by atoms with van der Waals surface area (Å²) in [6.45, 7) is 14.8. The van der Waals surface area contributed by atoms with E-state index in [9.17, 15) is 23.6 Å². The van der Waals surface area contributed by atoms with Crippen LogP contribution in [0.2, 0.25) is 0 Å². The first-order valence-electron chi connectivity index (χ1n) is 21.6. The number of aromatic nitrogens is 3. The van der Waals surface area contributed by atoms with Crippen molar-refractivity contribution in [3.63, 3.8) is 0 Å². The van der Waals surface area contributed by atoms with Crippen molar-refractivity contribution < 1.29 is 23.9 Å². The number of halogens is 1. The normalized spacial score (nSPS) is 18.2. The summed E-state index contributed by atoms with van der Waals surface area (Å²) in [7, 11) is 0. The van der Waals surface area contributed by atoms with E-state index >= 15 is 0 Å². The summed E-state index contributed by atoms with van der Waals surface area (Å²) in [6.07, 6.45) is 16.5. The Balaban J connectivity index is 0.000000235. The molecule has 2 aromatic heterocycles. The Bertz CT molecular complexity index is 2000. The molecule has 4 aromatic rings. The summed E-state index contributed by atoms with van der Waals surface area (Å²) < 4.78 is 14.8. The largest absolute Gasteiger partial charge is 0.481 e. The molecule has 2 saturated carbocycles. The number of carbonyl (C=O) groups excluding carboxylic acids is 2. The second-order valence-electron chi connectivity index (χ2n) is 14.9. The summed E-state index contributed by atoms with van der Waals surface area (Å²) in [5, 5.41) is 14.7. The number of anilines is 1. The van der Waals surface area contributed by atoms with Crippen LogP contribution in [0.4, 0.5) is 10.1 Å². The minimum Gasteiger partial charge on any atom is -0.481 e. The third kappa shape index (κ3) is 14.2. The number of aromatic amines is 1. The monoisotopic (exact) mass is 834 g/mol. The molecule has 11 nitrogen and oxygen atoms in total. The summed E-state index contributed by atoms with van der Waals surface area (Å²) >= 11 is 1.69. The van der Waals surface area contributed by atoms with Crippen LogP contribution >= 0.6 is 11.3 Å². The molecule has 3 fully saturated rings. The topological polar surface area (TPSA) is 163 Å². The molecule has 1 saturated heterocycles. The van der Waals surface area contributed by atoms with Gasteiger partial charge in [0.1, 0.15) is 16.9 Å². The molecule has 3 heterocycles. The number of hydrogen-bond donors (Lipinski definition) is 4. The number of carboxylic acids is 1. The van der Waals surface area contributed by atoms with Crippen molar-refractivity contribution in [3.05, 3.63) is 82.0 Å². The van der Waals surface area contributed by atoms with E-state index in [4.69, 9.17) is 15.8 Å². The fraction of sp³-hybridized carbons (Fsp3) is 0.543. The van der Waals surface area contributed by atoms with Crippen LogP contribution in [0.3, 0.4) is 0 Å². The van der Waals surface area contributed by atoms with Gasteiger partial charge in [0.2, 0.25) is 11.8 Å². The molecule has 5 N–H and O–H groups in total. The van der Waals surface area contributed by atoms with Crippen molar-refractivity contribution in [2.24, 2.45) is 17.6 Å². The Labute approximate surface area is 353 Å². The number of nitrogens with one attached hydrogen (secondary N) is 2. The molecule has 13 heteroatoms. The van der Waals surface area contributed by atoms with E-state index in [2.05, 4.69) is 40.8 Å². The predicted molar refractivity (Wildman–Crippen MR) is 239 cm³/mol. The third-order valence-corrected chi connectivity index (χ3v) is 11.4. The van der Waals surface area contributed by atoms with Gasteiger partial charge in [0, 0.05) is 35.1 Å². The second kappa shape index (κ2) is 25.0. The van der Waals surface area contributed by atoms with E-state index in [1.54, 1.807) is 23.5 Å². The van der Waals surface area contributed by atoms with Crippen molar-refractivity contribution in [2.45, 2.75) is 137 Å². The predicted octanol–water partition coefficient (Wildman–Crippen LogP) is 10.3. The number of primary amides is 1. The van der Waals surface area contributed by atoms with Crippen molar-refractivity contribution in [1.82, 2.24) is 19.4 Å². The lowest BCUT2D eigenvalue weighted by atomic mass is 10.1. The van der Waals surface area contributed by atoms with Crippen molar-refractivity contribution in [1.29, 1.82) is 0 Å². The number of para-hydroxylation sites is 1. The Morgan fingerprint density at radius 3 is 2.39 bits per heavy atom. The first-order chi connectivity index (χ1) is 28.5. The highest BCUT2D eigenvalue weighted by Crippen LogP contribution is 2.40. The summed E-state index contributed by atoms with van der Waals surface area (Å²) in [6, 6.07) is 11.6. The Morgan fingerprint density at radius 2 is 1.76 bits per heavy atom. The van der Waals surface area contributed by atoms with Gasteiger partial charge in [-0.1, -0.05) is 84.6 Å². The molecule has 0 spiro atoms. The number of carboxylic acid groups (broad SMARTS) is 1. The molecule has 0 bridgehead atoms. The number of thiazole rings is 1. The van der Waals surface area contributed by atoms with Gasteiger partial charge in [0.15, 0.2) is 0 Å². The number of unbranched alkanes of at least 4 members (excludes halogenated alkanes) is 3. The summed E-state index contributed by atoms with van der Waals surface area (Å²) in [4.78, 5) is 55.3. The maximum atomic E-state index is 13.0. The van der Waals surface area contributed by atoms with Gasteiger partial charge >= 0.3 is 11.7 Å². The lowest BCUT2D eigenvalue weighted by Gasteiger charge is -2.22. The van der Waals surface area contributed by atoms with Gasteiger partial charge in [-0.05, 0) is 95.0 Å². The zero-order valence-corrected chi connectivity index (χ0v) is 37.0. The molecule has 324 valence electrons. The fourth-order valence-electron chi connectivity index (χ4n) is 7.39. The fourth-order valence-corrected chi connectivity index (χ4v) is 8.32. The quantitative estimate of drug-likeness (QED) is 0.0769. The maximum Gasteiger partial charge on any atom is 0.326 e. The second-order valence-corrected chi connectivity index (χ2v) is 15.8. The SMILES string of the molecule is CC.CC.CC(C)n1c(=O)[nH]c2c(-c3nc(C4CCCC4)cs3)cccc21.CCCCC/C=C\C1CC1C(=O)O.NC(=O)C1CCCN1C(=O)CNc1cccc(F)c1. The number of imidazole rings is 1. The zero-order valence-electron chi connectivity index (χ0n) is 36.1. The van der Waals surface area contributed by atoms with Crippen molar-refractivity contribution >= 4 is 45.8 Å². The maximum absolute atomic E-state index is 13.0. The number of amides is 2. The van der Waals surface area contributed by atoms with E-state index in [0.29, 0.717) is 30.5 Å². The smallest absolute Gasteiger partial charge is 0.326 e. The molecular formula is C46H67FN6O5S. The summed E-state index contributed by atoms with van der Waals surface area (Å²) in [5.74, 6) is -0.806. The number of aliphatic carboxylic acids is 1. The zero-order chi connectivity index (χ0) is 43.5. The average molecular weight is 835 g/mol. The van der Waals surface area contributed by atoms with Crippen LogP contribution in [-0.2, 0) is 14.4 Å². The lowest BCUT2D eigenvalue weighted by Crippen LogP contribution is -2.45. The Hall–Kier alpha value is -4.78. The number of hydrogen-bond acceptors (Lipinski definition) is 7. The molecule has 1 aliphatic heterocycles. The molecule has 7 rings (SSSR count). The molecule has 2 aliphatic carbocycles. The van der Waals surface area contributed by atoms with Gasteiger partial charge in [-0.2, -0.15) is 0 Å². The Kier molecular flexibility index (Phi) is 20.6. The number of benzene rings is 2. The van der Waals surface area contributed by atoms with Crippen LogP contribution in [0, 0.1) is 17.7 Å². The number of likely N-dealkylation sites (tertiary alicyclic amines) is 1. The number of fused-ring (bicyclic) bond motifs is 1. The van der Waals surface area contributed by atoms with E-state index in [1.165, 1.54) is 67.7 Å². The van der Waals surface area contributed by atoms with E-state index in [1.807, 2.05) is 58.2 Å². The van der Waals surface area contributed by atoms with Gasteiger partial charge in [-0.25, -0.2) is 14.2 Å². The lowest BCUT2D eigenvalue weighted by molar-refractivity contribution is -0.138. The number of rotatable bonds is 13.